The monoisotopic (exact) mass is 430 g/mol. The molecule has 0 aromatic heterocycles. The van der Waals surface area contributed by atoms with Crippen molar-refractivity contribution in [3.05, 3.63) is 35.4 Å². The van der Waals surface area contributed by atoms with E-state index in [0.29, 0.717) is 0 Å². The van der Waals surface area contributed by atoms with Gasteiger partial charge in [0.15, 0.2) is 5.96 Å². The summed E-state index contributed by atoms with van der Waals surface area (Å²) in [7, 11) is 2.20. The fraction of sp³-hybridized carbons (Fsp3) is 0.611. The number of hydrogen-bond donors (Lipinski definition) is 2. The van der Waals surface area contributed by atoms with Gasteiger partial charge in [0.2, 0.25) is 0 Å². The molecule has 2 N–H and O–H groups in total. The predicted molar refractivity (Wildman–Crippen MR) is 110 cm³/mol. The van der Waals surface area contributed by atoms with Crippen molar-refractivity contribution in [2.24, 2.45) is 10.9 Å². The zero-order valence-electron chi connectivity index (χ0n) is 14.6. The SMILES string of the molecule is CCNC(=NCc1ccccc1CC)NCC1CCN(C)C1.I. The molecule has 0 spiro atoms. The number of hydrogen-bond acceptors (Lipinski definition) is 2. The Hall–Kier alpha value is -0.820. The molecule has 0 amide bonds. The molecule has 1 saturated heterocycles. The molecule has 1 unspecified atom stereocenters. The molecule has 23 heavy (non-hydrogen) atoms. The smallest absolute Gasteiger partial charge is 0.191 e. The molecule has 0 saturated carbocycles. The highest BCUT2D eigenvalue weighted by atomic mass is 127. The van der Waals surface area contributed by atoms with Gasteiger partial charge in [0.05, 0.1) is 6.54 Å². The molecule has 0 aliphatic carbocycles. The minimum atomic E-state index is 0. The Kier molecular flexibility index (Phi) is 9.55. The fourth-order valence-corrected chi connectivity index (χ4v) is 3.00. The topological polar surface area (TPSA) is 39.7 Å². The predicted octanol–water partition coefficient (Wildman–Crippen LogP) is 2.87. The molecule has 130 valence electrons. The van der Waals surface area contributed by atoms with Crippen LogP contribution in [0.2, 0.25) is 0 Å². The third-order valence-corrected chi connectivity index (χ3v) is 4.30. The number of nitrogens with one attached hydrogen (secondary N) is 2. The van der Waals surface area contributed by atoms with E-state index in [9.17, 15) is 0 Å². The lowest BCUT2D eigenvalue weighted by Crippen LogP contribution is -2.40. The minimum absolute atomic E-state index is 0. The third-order valence-electron chi connectivity index (χ3n) is 4.30. The van der Waals surface area contributed by atoms with Crippen molar-refractivity contribution in [1.29, 1.82) is 0 Å². The van der Waals surface area contributed by atoms with Gasteiger partial charge in [-0.3, -0.25) is 0 Å². The largest absolute Gasteiger partial charge is 0.357 e. The average molecular weight is 430 g/mol. The van der Waals surface area contributed by atoms with Crippen LogP contribution < -0.4 is 10.6 Å². The van der Waals surface area contributed by atoms with Crippen molar-refractivity contribution >= 4 is 29.9 Å². The third kappa shape index (κ3) is 6.67. The molecule has 1 atom stereocenters. The zero-order chi connectivity index (χ0) is 15.8. The molecule has 1 aromatic carbocycles. The van der Waals surface area contributed by atoms with Gasteiger partial charge < -0.3 is 15.5 Å². The van der Waals surface area contributed by atoms with Crippen LogP contribution in [0.15, 0.2) is 29.3 Å². The van der Waals surface area contributed by atoms with Gasteiger partial charge in [-0.2, -0.15) is 0 Å². The highest BCUT2D eigenvalue weighted by Gasteiger charge is 2.19. The molecule has 4 nitrogen and oxygen atoms in total. The van der Waals surface area contributed by atoms with Crippen LogP contribution in [0.4, 0.5) is 0 Å². The number of aryl methyl sites for hydroxylation is 1. The lowest BCUT2D eigenvalue weighted by Gasteiger charge is -2.15. The van der Waals surface area contributed by atoms with Crippen LogP contribution >= 0.6 is 24.0 Å². The van der Waals surface area contributed by atoms with Crippen LogP contribution in [0.5, 0.6) is 0 Å². The first-order valence-corrected chi connectivity index (χ1v) is 8.50. The molecule has 0 bridgehead atoms. The number of halogens is 1. The first kappa shape index (κ1) is 20.2. The van der Waals surface area contributed by atoms with E-state index in [2.05, 4.69) is 60.7 Å². The second-order valence-corrected chi connectivity index (χ2v) is 6.12. The van der Waals surface area contributed by atoms with E-state index in [-0.39, 0.29) is 24.0 Å². The fourth-order valence-electron chi connectivity index (χ4n) is 3.00. The van der Waals surface area contributed by atoms with Gasteiger partial charge in [0.1, 0.15) is 0 Å². The maximum atomic E-state index is 4.75. The molecular formula is C18H31IN4. The van der Waals surface area contributed by atoms with Gasteiger partial charge in [0.25, 0.3) is 0 Å². The molecule has 5 heteroatoms. The number of guanidine groups is 1. The highest BCUT2D eigenvalue weighted by molar-refractivity contribution is 14.0. The van der Waals surface area contributed by atoms with Crippen LogP contribution in [0.1, 0.15) is 31.4 Å². The average Bonchev–Trinajstić information content (AvgIpc) is 2.96. The van der Waals surface area contributed by atoms with Crippen LogP contribution in [0.25, 0.3) is 0 Å². The molecular weight excluding hydrogens is 399 g/mol. The van der Waals surface area contributed by atoms with E-state index in [1.165, 1.54) is 30.6 Å². The Labute approximate surface area is 158 Å². The normalized spacial score (nSPS) is 18.6. The Morgan fingerprint density at radius 3 is 2.57 bits per heavy atom. The zero-order valence-corrected chi connectivity index (χ0v) is 17.0. The summed E-state index contributed by atoms with van der Waals surface area (Å²) in [5, 5.41) is 6.85. The van der Waals surface area contributed by atoms with Gasteiger partial charge in [0, 0.05) is 19.6 Å². The van der Waals surface area contributed by atoms with Crippen molar-refractivity contribution in [2.45, 2.75) is 33.2 Å². The van der Waals surface area contributed by atoms with Crippen molar-refractivity contribution in [2.75, 3.05) is 33.2 Å². The number of rotatable bonds is 6. The maximum Gasteiger partial charge on any atom is 0.191 e. The van der Waals surface area contributed by atoms with Crippen LogP contribution in [0.3, 0.4) is 0 Å². The summed E-state index contributed by atoms with van der Waals surface area (Å²) < 4.78 is 0. The Balaban J connectivity index is 0.00000264. The summed E-state index contributed by atoms with van der Waals surface area (Å²) in [6.45, 7) is 9.35. The molecule has 1 aliphatic heterocycles. The number of likely N-dealkylation sites (tertiary alicyclic amines) is 1. The summed E-state index contributed by atoms with van der Waals surface area (Å²) >= 11 is 0. The summed E-state index contributed by atoms with van der Waals surface area (Å²) in [4.78, 5) is 7.15. The van der Waals surface area contributed by atoms with Crippen molar-refractivity contribution in [3.8, 4) is 0 Å². The highest BCUT2D eigenvalue weighted by Crippen LogP contribution is 2.13. The number of benzene rings is 1. The molecule has 1 aromatic rings. The molecule has 0 radical (unpaired) electrons. The van der Waals surface area contributed by atoms with E-state index in [4.69, 9.17) is 4.99 Å². The molecule has 1 heterocycles. The van der Waals surface area contributed by atoms with Crippen LogP contribution in [0, 0.1) is 5.92 Å². The van der Waals surface area contributed by atoms with Gasteiger partial charge in [-0.25, -0.2) is 4.99 Å². The van der Waals surface area contributed by atoms with Gasteiger partial charge >= 0.3 is 0 Å². The maximum absolute atomic E-state index is 4.75. The van der Waals surface area contributed by atoms with E-state index in [1.807, 2.05) is 0 Å². The van der Waals surface area contributed by atoms with Crippen LogP contribution in [-0.2, 0) is 13.0 Å². The second-order valence-electron chi connectivity index (χ2n) is 6.12. The van der Waals surface area contributed by atoms with Gasteiger partial charge in [-0.1, -0.05) is 31.2 Å². The second kappa shape index (κ2) is 10.9. The molecule has 1 aliphatic rings. The van der Waals surface area contributed by atoms with Crippen LogP contribution in [-0.4, -0.2) is 44.1 Å². The first-order valence-electron chi connectivity index (χ1n) is 8.50. The molecule has 2 rings (SSSR count). The summed E-state index contributed by atoms with van der Waals surface area (Å²) in [6.07, 6.45) is 2.34. The van der Waals surface area contributed by atoms with E-state index >= 15 is 0 Å². The van der Waals surface area contributed by atoms with Crippen molar-refractivity contribution < 1.29 is 0 Å². The lowest BCUT2D eigenvalue weighted by molar-refractivity contribution is 0.394. The summed E-state index contributed by atoms with van der Waals surface area (Å²) in [5.74, 6) is 1.67. The molecule has 1 fully saturated rings. The lowest BCUT2D eigenvalue weighted by atomic mass is 10.1. The van der Waals surface area contributed by atoms with Crippen molar-refractivity contribution in [1.82, 2.24) is 15.5 Å². The van der Waals surface area contributed by atoms with Crippen molar-refractivity contribution in [3.63, 3.8) is 0 Å². The standard InChI is InChI=1S/C18H30N4.HI/c1-4-16-8-6-7-9-17(16)13-21-18(19-5-2)20-12-15-10-11-22(3)14-15;/h6-9,15H,4-5,10-14H2,1-3H3,(H2,19,20,21);1H. The number of nitrogens with zero attached hydrogens (tertiary/aromatic N) is 2. The Morgan fingerprint density at radius 2 is 1.96 bits per heavy atom. The van der Waals surface area contributed by atoms with Gasteiger partial charge in [-0.15, -0.1) is 24.0 Å². The number of aliphatic imine (C=N–C) groups is 1. The first-order chi connectivity index (χ1) is 10.7. The Morgan fingerprint density at radius 1 is 1.22 bits per heavy atom. The summed E-state index contributed by atoms with van der Waals surface area (Å²) in [6, 6.07) is 8.57. The minimum Gasteiger partial charge on any atom is -0.357 e. The quantitative estimate of drug-likeness (QED) is 0.414. The van der Waals surface area contributed by atoms with Gasteiger partial charge in [-0.05, 0) is 50.4 Å². The van der Waals surface area contributed by atoms with E-state index < -0.39 is 0 Å². The summed E-state index contributed by atoms with van der Waals surface area (Å²) in [5.41, 5.74) is 2.71. The van der Waals surface area contributed by atoms with E-state index in [1.54, 1.807) is 0 Å². The van der Waals surface area contributed by atoms with E-state index in [0.717, 1.165) is 37.9 Å². The Bertz CT molecular complexity index is 490.